The molecule has 0 aliphatic rings. The summed E-state index contributed by atoms with van der Waals surface area (Å²) >= 11 is 0. The lowest BCUT2D eigenvalue weighted by atomic mass is 10.0. The molecule has 0 aliphatic carbocycles. The minimum atomic E-state index is -1.16. The molecule has 4 aromatic rings. The molecule has 2 aromatic carbocycles. The van der Waals surface area contributed by atoms with Crippen LogP contribution in [0.5, 0.6) is 5.75 Å². The SMILES string of the molecule is COC[C@H](Cc1ccc(O)cc1)NC(=O)c1cc(C(=O)O)c2cc(C#CCCn3ccnc3)ccc2n1. The van der Waals surface area contributed by atoms with Crippen molar-refractivity contribution in [3.63, 3.8) is 0 Å². The molecule has 9 heteroatoms. The van der Waals surface area contributed by atoms with E-state index < -0.39 is 11.9 Å². The number of carbonyl (C=O) groups excluding carboxylic acids is 1. The summed E-state index contributed by atoms with van der Waals surface area (Å²) in [4.78, 5) is 33.5. The zero-order valence-corrected chi connectivity index (χ0v) is 20.2. The number of carboxylic acid groups (broad SMARTS) is 1. The summed E-state index contributed by atoms with van der Waals surface area (Å²) < 4.78 is 7.17. The monoisotopic (exact) mass is 498 g/mol. The molecule has 2 aromatic heterocycles. The van der Waals surface area contributed by atoms with Gasteiger partial charge in [0.15, 0.2) is 0 Å². The van der Waals surface area contributed by atoms with Gasteiger partial charge in [-0.2, -0.15) is 0 Å². The largest absolute Gasteiger partial charge is 0.508 e. The molecule has 0 unspecified atom stereocenters. The number of phenols is 1. The van der Waals surface area contributed by atoms with Crippen LogP contribution in [0.15, 0.2) is 67.3 Å². The number of aryl methyl sites for hydroxylation is 1. The number of ether oxygens (including phenoxy) is 1. The van der Waals surface area contributed by atoms with E-state index in [0.717, 1.165) is 5.56 Å². The predicted molar refractivity (Wildman–Crippen MR) is 137 cm³/mol. The zero-order valence-electron chi connectivity index (χ0n) is 20.2. The van der Waals surface area contributed by atoms with Crippen LogP contribution in [-0.4, -0.2) is 56.4 Å². The Morgan fingerprint density at radius 2 is 1.97 bits per heavy atom. The lowest BCUT2D eigenvalue weighted by Crippen LogP contribution is -2.40. The van der Waals surface area contributed by atoms with Crippen LogP contribution in [0.25, 0.3) is 10.9 Å². The summed E-state index contributed by atoms with van der Waals surface area (Å²) in [6, 6.07) is 12.7. The topological polar surface area (TPSA) is 127 Å². The highest BCUT2D eigenvalue weighted by Crippen LogP contribution is 2.21. The number of hydrogen-bond donors (Lipinski definition) is 3. The van der Waals surface area contributed by atoms with E-state index in [4.69, 9.17) is 4.74 Å². The number of amides is 1. The van der Waals surface area contributed by atoms with Crippen molar-refractivity contribution >= 4 is 22.8 Å². The molecule has 0 spiro atoms. The normalized spacial score (nSPS) is 11.5. The Bertz CT molecular complexity index is 1450. The van der Waals surface area contributed by atoms with Gasteiger partial charge in [-0.25, -0.2) is 14.8 Å². The van der Waals surface area contributed by atoms with Gasteiger partial charge in [0, 0.05) is 43.4 Å². The van der Waals surface area contributed by atoms with E-state index in [0.29, 0.717) is 35.9 Å². The summed E-state index contributed by atoms with van der Waals surface area (Å²) in [5.41, 5.74) is 1.91. The van der Waals surface area contributed by atoms with E-state index in [1.165, 1.54) is 13.2 Å². The highest BCUT2D eigenvalue weighted by atomic mass is 16.5. The molecule has 1 atom stereocenters. The Balaban J connectivity index is 1.53. The van der Waals surface area contributed by atoms with Crippen LogP contribution in [0.1, 0.15) is 38.4 Å². The number of aromatic nitrogens is 3. The molecule has 0 saturated heterocycles. The fourth-order valence-electron chi connectivity index (χ4n) is 3.89. The lowest BCUT2D eigenvalue weighted by molar-refractivity contribution is 0.0699. The van der Waals surface area contributed by atoms with E-state index in [9.17, 15) is 19.8 Å². The summed E-state index contributed by atoms with van der Waals surface area (Å²) in [7, 11) is 1.53. The fourth-order valence-corrected chi connectivity index (χ4v) is 3.89. The van der Waals surface area contributed by atoms with Crippen molar-refractivity contribution in [3.8, 4) is 17.6 Å². The number of phenolic OH excluding ortho intramolecular Hbond substituents is 1. The molecule has 4 rings (SSSR count). The molecular weight excluding hydrogens is 472 g/mol. The van der Waals surface area contributed by atoms with Gasteiger partial charge in [0.2, 0.25) is 0 Å². The number of hydrogen-bond acceptors (Lipinski definition) is 6. The molecule has 0 aliphatic heterocycles. The Morgan fingerprint density at radius 3 is 2.68 bits per heavy atom. The molecule has 2 heterocycles. The minimum absolute atomic E-state index is 0.00382. The van der Waals surface area contributed by atoms with Crippen LogP contribution in [0.4, 0.5) is 0 Å². The standard InChI is InChI=1S/C28H26N4O5/c1-37-17-21(14-20-5-8-22(33)9-6-20)30-27(34)26-16-24(28(35)36)23-15-19(7-10-25(23)31-26)4-2-3-12-32-13-11-29-18-32/h5-11,13,15-16,18,21,33H,3,12,14,17H2,1H3,(H,30,34)(H,35,36)/t21-/m0/s1. The van der Waals surface area contributed by atoms with E-state index in [1.807, 2.05) is 10.8 Å². The van der Waals surface area contributed by atoms with Gasteiger partial charge in [0.25, 0.3) is 5.91 Å². The van der Waals surface area contributed by atoms with Crippen LogP contribution in [0.2, 0.25) is 0 Å². The third kappa shape index (κ3) is 6.72. The van der Waals surface area contributed by atoms with Gasteiger partial charge < -0.3 is 24.8 Å². The second kappa shape index (κ2) is 11.8. The highest BCUT2D eigenvalue weighted by molar-refractivity contribution is 6.06. The number of benzene rings is 2. The number of methoxy groups -OCH3 is 1. The van der Waals surface area contributed by atoms with Crippen LogP contribution < -0.4 is 5.32 Å². The second-order valence-corrected chi connectivity index (χ2v) is 8.44. The first-order valence-corrected chi connectivity index (χ1v) is 11.6. The van der Waals surface area contributed by atoms with Gasteiger partial charge in [-0.05, 0) is 48.4 Å². The first-order chi connectivity index (χ1) is 17.9. The molecule has 0 radical (unpaired) electrons. The van der Waals surface area contributed by atoms with Gasteiger partial charge in [-0.3, -0.25) is 4.79 Å². The molecule has 0 fully saturated rings. The predicted octanol–water partition coefficient (Wildman–Crippen LogP) is 3.26. The number of carboxylic acids is 1. The van der Waals surface area contributed by atoms with Crippen LogP contribution in [0.3, 0.4) is 0 Å². The number of fused-ring (bicyclic) bond motifs is 1. The number of nitrogens with zero attached hydrogens (tertiary/aromatic N) is 3. The van der Waals surface area contributed by atoms with Gasteiger partial charge in [-0.1, -0.05) is 24.0 Å². The summed E-state index contributed by atoms with van der Waals surface area (Å²) in [5, 5.41) is 22.6. The number of aromatic carboxylic acids is 1. The van der Waals surface area contributed by atoms with Gasteiger partial charge >= 0.3 is 5.97 Å². The van der Waals surface area contributed by atoms with Crippen molar-refractivity contribution in [1.82, 2.24) is 19.9 Å². The van der Waals surface area contributed by atoms with Crippen LogP contribution in [-0.2, 0) is 17.7 Å². The molecule has 0 saturated carbocycles. The summed E-state index contributed by atoms with van der Waals surface area (Å²) in [6.07, 6.45) is 6.37. The Hall–Kier alpha value is -4.68. The van der Waals surface area contributed by atoms with Crippen molar-refractivity contribution in [2.45, 2.75) is 25.4 Å². The number of imidazole rings is 1. The van der Waals surface area contributed by atoms with Gasteiger partial charge in [0.1, 0.15) is 11.4 Å². The van der Waals surface area contributed by atoms with Crippen molar-refractivity contribution in [2.75, 3.05) is 13.7 Å². The van der Waals surface area contributed by atoms with Crippen molar-refractivity contribution < 1.29 is 24.5 Å². The quantitative estimate of drug-likeness (QED) is 0.302. The maximum Gasteiger partial charge on any atom is 0.336 e. The minimum Gasteiger partial charge on any atom is -0.508 e. The number of rotatable bonds is 9. The molecule has 188 valence electrons. The molecule has 37 heavy (non-hydrogen) atoms. The molecule has 1 amide bonds. The Labute approximate surface area is 213 Å². The average Bonchev–Trinajstić information content (AvgIpc) is 3.41. The van der Waals surface area contributed by atoms with E-state index in [2.05, 4.69) is 27.1 Å². The third-order valence-electron chi connectivity index (χ3n) is 5.68. The summed E-state index contributed by atoms with van der Waals surface area (Å²) in [6.45, 7) is 0.951. The molecular formula is C28H26N4O5. The average molecular weight is 499 g/mol. The van der Waals surface area contributed by atoms with E-state index in [-0.39, 0.29) is 29.7 Å². The summed E-state index contributed by atoms with van der Waals surface area (Å²) in [5.74, 6) is 4.62. The Morgan fingerprint density at radius 1 is 1.16 bits per heavy atom. The van der Waals surface area contributed by atoms with Crippen molar-refractivity contribution in [2.24, 2.45) is 0 Å². The number of nitrogens with one attached hydrogen (secondary N) is 1. The smallest absolute Gasteiger partial charge is 0.336 e. The maximum atomic E-state index is 13.0. The Kier molecular flexibility index (Phi) is 8.13. The molecule has 3 N–H and O–H groups in total. The second-order valence-electron chi connectivity index (χ2n) is 8.44. The number of aromatic hydroxyl groups is 1. The van der Waals surface area contributed by atoms with Crippen LogP contribution >= 0.6 is 0 Å². The maximum absolute atomic E-state index is 13.0. The highest BCUT2D eigenvalue weighted by Gasteiger charge is 2.19. The first-order valence-electron chi connectivity index (χ1n) is 11.6. The molecule has 0 bridgehead atoms. The van der Waals surface area contributed by atoms with E-state index >= 15 is 0 Å². The van der Waals surface area contributed by atoms with Crippen molar-refractivity contribution in [3.05, 3.63) is 89.6 Å². The van der Waals surface area contributed by atoms with E-state index in [1.54, 1.807) is 55.0 Å². The first kappa shape index (κ1) is 25.4. The van der Waals surface area contributed by atoms with Gasteiger partial charge in [0.05, 0.1) is 30.1 Å². The van der Waals surface area contributed by atoms with Crippen LogP contribution in [0, 0.1) is 11.8 Å². The number of pyridine rings is 1. The fraction of sp³-hybridized carbons (Fsp3) is 0.214. The third-order valence-corrected chi connectivity index (χ3v) is 5.68. The zero-order chi connectivity index (χ0) is 26.2. The van der Waals surface area contributed by atoms with Gasteiger partial charge in [-0.15, -0.1) is 0 Å². The lowest BCUT2D eigenvalue weighted by Gasteiger charge is -2.18. The number of carbonyl (C=O) groups is 2. The van der Waals surface area contributed by atoms with Crippen molar-refractivity contribution in [1.29, 1.82) is 0 Å². The molecule has 9 nitrogen and oxygen atoms in total.